The molecule has 2 aromatic rings. The Bertz CT molecular complexity index is 1120. The molecule has 192 valence electrons. The fourth-order valence-corrected chi connectivity index (χ4v) is 5.43. The number of rotatable bonds is 7. The molecule has 5 rings (SSSR count). The quantitative estimate of drug-likeness (QED) is 0.638. The molecule has 1 N–H and O–H groups in total. The number of anilines is 1. The van der Waals surface area contributed by atoms with Gasteiger partial charge in [0, 0.05) is 38.3 Å². The van der Waals surface area contributed by atoms with Crippen molar-refractivity contribution in [2.75, 3.05) is 44.3 Å². The Morgan fingerprint density at radius 1 is 1.00 bits per heavy atom. The normalized spacial score (nSPS) is 19.0. The van der Waals surface area contributed by atoms with Gasteiger partial charge >= 0.3 is 0 Å². The van der Waals surface area contributed by atoms with Crippen LogP contribution in [0.1, 0.15) is 48.8 Å². The minimum Gasteiger partial charge on any atom is -0.486 e. The van der Waals surface area contributed by atoms with Gasteiger partial charge in [-0.3, -0.25) is 9.59 Å². The lowest BCUT2D eigenvalue weighted by molar-refractivity contribution is -0.136. The molecule has 2 aromatic carbocycles. The van der Waals surface area contributed by atoms with Crippen molar-refractivity contribution >= 4 is 17.5 Å². The number of nitrogens with one attached hydrogen (secondary N) is 1. The topological polar surface area (TPSA) is 71.1 Å². The second kappa shape index (κ2) is 10.4. The van der Waals surface area contributed by atoms with Crippen LogP contribution in [0.3, 0.4) is 0 Å². The molecule has 36 heavy (non-hydrogen) atoms. The highest BCUT2D eigenvalue weighted by atomic mass is 16.6. The van der Waals surface area contributed by atoms with Crippen LogP contribution < -0.4 is 19.7 Å². The first-order valence-corrected chi connectivity index (χ1v) is 13.2. The van der Waals surface area contributed by atoms with E-state index in [1.807, 2.05) is 23.1 Å². The third kappa shape index (κ3) is 5.30. The molecule has 0 bridgehead atoms. The van der Waals surface area contributed by atoms with E-state index in [1.54, 1.807) is 6.92 Å². The molecule has 0 spiro atoms. The standard InChI is InChI=1S/C29H37N3O4/c1-19-5-4-6-25(20(19)2)31-11-13-32(14-12-31)29(34)21(3)30-28(33)18-24(22-7-8-22)23-9-10-26-27(17-23)36-16-15-35-26/h4-6,9-10,17,21-22,24H,7-8,11-16,18H2,1-3H3,(H,30,33). The summed E-state index contributed by atoms with van der Waals surface area (Å²) in [7, 11) is 0. The first-order valence-electron chi connectivity index (χ1n) is 13.2. The monoisotopic (exact) mass is 491 g/mol. The molecular weight excluding hydrogens is 454 g/mol. The van der Waals surface area contributed by atoms with Gasteiger partial charge in [0.1, 0.15) is 19.3 Å². The molecule has 3 aliphatic rings. The number of ether oxygens (including phenoxy) is 2. The van der Waals surface area contributed by atoms with Gasteiger partial charge in [-0.1, -0.05) is 18.2 Å². The van der Waals surface area contributed by atoms with Crippen LogP contribution in [0.25, 0.3) is 0 Å². The maximum Gasteiger partial charge on any atom is 0.244 e. The summed E-state index contributed by atoms with van der Waals surface area (Å²) in [5, 5.41) is 2.98. The van der Waals surface area contributed by atoms with E-state index in [2.05, 4.69) is 42.3 Å². The molecule has 7 nitrogen and oxygen atoms in total. The summed E-state index contributed by atoms with van der Waals surface area (Å²) in [5.41, 5.74) is 4.93. The summed E-state index contributed by atoms with van der Waals surface area (Å²) in [4.78, 5) is 30.4. The summed E-state index contributed by atoms with van der Waals surface area (Å²) < 4.78 is 11.4. The fourth-order valence-electron chi connectivity index (χ4n) is 5.43. The second-order valence-electron chi connectivity index (χ2n) is 10.4. The molecular formula is C29H37N3O4. The van der Waals surface area contributed by atoms with Crippen LogP contribution in [-0.4, -0.2) is 62.1 Å². The zero-order valence-electron chi connectivity index (χ0n) is 21.6. The average molecular weight is 492 g/mol. The Morgan fingerprint density at radius 3 is 2.44 bits per heavy atom. The van der Waals surface area contributed by atoms with E-state index in [4.69, 9.17) is 9.47 Å². The Hall–Kier alpha value is -3.22. The van der Waals surface area contributed by atoms with Gasteiger partial charge in [0.05, 0.1) is 0 Å². The number of aryl methyl sites for hydroxylation is 1. The predicted molar refractivity (Wildman–Crippen MR) is 140 cm³/mol. The van der Waals surface area contributed by atoms with Gasteiger partial charge < -0.3 is 24.6 Å². The van der Waals surface area contributed by atoms with Crippen LogP contribution in [0, 0.1) is 19.8 Å². The number of hydrogen-bond donors (Lipinski definition) is 1. The molecule has 1 aliphatic carbocycles. The van der Waals surface area contributed by atoms with Crippen molar-refractivity contribution in [3.05, 3.63) is 53.1 Å². The van der Waals surface area contributed by atoms with E-state index in [1.165, 1.54) is 16.8 Å². The van der Waals surface area contributed by atoms with E-state index in [9.17, 15) is 9.59 Å². The van der Waals surface area contributed by atoms with Gasteiger partial charge in [-0.25, -0.2) is 0 Å². The van der Waals surface area contributed by atoms with Gasteiger partial charge in [0.25, 0.3) is 0 Å². The van der Waals surface area contributed by atoms with Gasteiger partial charge in [-0.05, 0) is 80.3 Å². The van der Waals surface area contributed by atoms with E-state index < -0.39 is 6.04 Å². The second-order valence-corrected chi connectivity index (χ2v) is 10.4. The number of benzene rings is 2. The van der Waals surface area contributed by atoms with Crippen molar-refractivity contribution in [1.29, 1.82) is 0 Å². The minimum atomic E-state index is -0.537. The van der Waals surface area contributed by atoms with Gasteiger partial charge in [0.2, 0.25) is 11.8 Å². The Balaban J connectivity index is 1.15. The maximum absolute atomic E-state index is 13.1. The van der Waals surface area contributed by atoms with Crippen LogP contribution in [0.4, 0.5) is 5.69 Å². The highest BCUT2D eigenvalue weighted by Crippen LogP contribution is 2.46. The summed E-state index contributed by atoms with van der Waals surface area (Å²) in [6.07, 6.45) is 2.64. The van der Waals surface area contributed by atoms with Crippen LogP contribution in [0.15, 0.2) is 36.4 Å². The molecule has 0 aromatic heterocycles. The highest BCUT2D eigenvalue weighted by molar-refractivity contribution is 5.87. The number of nitrogens with zero attached hydrogens (tertiary/aromatic N) is 2. The van der Waals surface area contributed by atoms with Crippen LogP contribution in [0.2, 0.25) is 0 Å². The summed E-state index contributed by atoms with van der Waals surface area (Å²) in [6, 6.07) is 11.9. The number of hydrogen-bond acceptors (Lipinski definition) is 5. The van der Waals surface area contributed by atoms with Gasteiger partial charge in [-0.2, -0.15) is 0 Å². The Kier molecular flexibility index (Phi) is 7.08. The molecule has 2 heterocycles. The Labute approximate surface area is 213 Å². The molecule has 2 atom stereocenters. The summed E-state index contributed by atoms with van der Waals surface area (Å²) in [6.45, 7) is 10.1. The zero-order valence-corrected chi connectivity index (χ0v) is 21.6. The lowest BCUT2D eigenvalue weighted by Crippen LogP contribution is -2.54. The number of carbonyl (C=O) groups is 2. The maximum atomic E-state index is 13.1. The molecule has 1 saturated carbocycles. The zero-order chi connectivity index (χ0) is 25.2. The van der Waals surface area contributed by atoms with Crippen molar-refractivity contribution in [1.82, 2.24) is 10.2 Å². The van der Waals surface area contributed by atoms with E-state index >= 15 is 0 Å². The van der Waals surface area contributed by atoms with Crippen molar-refractivity contribution in [2.24, 2.45) is 5.92 Å². The third-order valence-corrected chi connectivity index (χ3v) is 7.85. The van der Waals surface area contributed by atoms with Crippen molar-refractivity contribution in [2.45, 2.75) is 52.0 Å². The molecule has 2 aliphatic heterocycles. The van der Waals surface area contributed by atoms with E-state index in [0.29, 0.717) is 38.6 Å². The lowest BCUT2D eigenvalue weighted by Gasteiger charge is -2.38. The number of amides is 2. The van der Waals surface area contributed by atoms with Crippen molar-refractivity contribution < 1.29 is 19.1 Å². The molecule has 2 fully saturated rings. The fraction of sp³-hybridized carbons (Fsp3) is 0.517. The minimum absolute atomic E-state index is 0.00809. The number of carbonyl (C=O) groups excluding carboxylic acids is 2. The predicted octanol–water partition coefficient (Wildman–Crippen LogP) is 3.81. The molecule has 2 amide bonds. The van der Waals surface area contributed by atoms with Gasteiger partial charge in [-0.15, -0.1) is 0 Å². The van der Waals surface area contributed by atoms with Crippen LogP contribution >= 0.6 is 0 Å². The molecule has 7 heteroatoms. The van der Waals surface area contributed by atoms with E-state index in [-0.39, 0.29) is 17.7 Å². The lowest BCUT2D eigenvalue weighted by atomic mass is 9.90. The number of fused-ring (bicyclic) bond motifs is 1. The summed E-state index contributed by atoms with van der Waals surface area (Å²) in [5.74, 6) is 2.07. The number of piperazine rings is 1. The van der Waals surface area contributed by atoms with Crippen LogP contribution in [-0.2, 0) is 9.59 Å². The first kappa shape index (κ1) is 24.5. The average Bonchev–Trinajstić information content (AvgIpc) is 3.74. The summed E-state index contributed by atoms with van der Waals surface area (Å²) >= 11 is 0. The smallest absolute Gasteiger partial charge is 0.244 e. The molecule has 0 radical (unpaired) electrons. The molecule has 1 saturated heterocycles. The van der Waals surface area contributed by atoms with Gasteiger partial charge in [0.15, 0.2) is 11.5 Å². The third-order valence-electron chi connectivity index (χ3n) is 7.85. The van der Waals surface area contributed by atoms with E-state index in [0.717, 1.165) is 43.0 Å². The Morgan fingerprint density at radius 2 is 1.72 bits per heavy atom. The van der Waals surface area contributed by atoms with Crippen molar-refractivity contribution in [3.8, 4) is 11.5 Å². The SMILES string of the molecule is Cc1cccc(N2CCN(C(=O)C(C)NC(=O)CC(c3ccc4c(c3)OCCO4)C3CC3)CC2)c1C. The largest absolute Gasteiger partial charge is 0.486 e. The van der Waals surface area contributed by atoms with Crippen molar-refractivity contribution in [3.63, 3.8) is 0 Å². The highest BCUT2D eigenvalue weighted by Gasteiger charge is 2.35. The molecule has 2 unspecified atom stereocenters. The van der Waals surface area contributed by atoms with Crippen LogP contribution in [0.5, 0.6) is 11.5 Å². The first-order chi connectivity index (χ1) is 17.4.